The van der Waals surface area contributed by atoms with Crippen LogP contribution in [-0.4, -0.2) is 27.5 Å². The molecule has 1 radical (unpaired) electrons. The third-order valence-electron chi connectivity index (χ3n) is 1.54. The summed E-state index contributed by atoms with van der Waals surface area (Å²) in [6, 6.07) is 0. The molecule has 0 saturated heterocycles. The van der Waals surface area contributed by atoms with Crippen molar-refractivity contribution in [3.63, 3.8) is 0 Å². The first-order valence-corrected chi connectivity index (χ1v) is 6.13. The van der Waals surface area contributed by atoms with Gasteiger partial charge in [-0.25, -0.2) is 0 Å². The standard InChI is InChI=1S/C7H14O2.O.Sn/c1-3-4-5-6(2)7(8)9;;/h6H,3-5H2,1-2H3,(H,8,9);;/q;;+1/p-1. The fourth-order valence-corrected chi connectivity index (χ4v) is 1.58. The molecule has 0 bridgehead atoms. The number of carbonyl (C=O) groups is 1. The molecule has 0 aromatic heterocycles. The summed E-state index contributed by atoms with van der Waals surface area (Å²) in [5, 5.41) is 0. The van der Waals surface area contributed by atoms with Crippen molar-refractivity contribution in [1.82, 2.24) is 0 Å². The molecule has 0 fully saturated rings. The first-order chi connectivity index (χ1) is 5.22. The molecule has 0 aliphatic rings. The van der Waals surface area contributed by atoms with Crippen LogP contribution in [0.2, 0.25) is 0 Å². The van der Waals surface area contributed by atoms with E-state index in [-0.39, 0.29) is 11.9 Å². The van der Waals surface area contributed by atoms with Gasteiger partial charge in [-0.2, -0.15) is 0 Å². The molecule has 1 unspecified atom stereocenters. The van der Waals surface area contributed by atoms with Crippen LogP contribution in [0, 0.1) is 5.92 Å². The van der Waals surface area contributed by atoms with Crippen LogP contribution in [0.15, 0.2) is 0 Å². The molecule has 0 aliphatic carbocycles. The summed E-state index contributed by atoms with van der Waals surface area (Å²) >= 11 is -2.03. The van der Waals surface area contributed by atoms with Gasteiger partial charge in [0.25, 0.3) is 0 Å². The van der Waals surface area contributed by atoms with Gasteiger partial charge in [-0.15, -0.1) is 0 Å². The molecular weight excluding hydrogens is 251 g/mol. The Hall–Kier alpha value is 0.0687. The van der Waals surface area contributed by atoms with Crippen LogP contribution in [0.5, 0.6) is 0 Å². The van der Waals surface area contributed by atoms with Gasteiger partial charge in [-0.1, -0.05) is 0 Å². The van der Waals surface area contributed by atoms with Crippen LogP contribution in [-0.2, 0) is 10.9 Å². The molecule has 0 aliphatic heterocycles. The summed E-state index contributed by atoms with van der Waals surface area (Å²) in [5.41, 5.74) is 0. The Morgan fingerprint density at radius 1 is 1.64 bits per heavy atom. The molecular formula is C7H13O3Sn. The quantitative estimate of drug-likeness (QED) is 0.703. The maximum atomic E-state index is 10.9. The topological polar surface area (TPSA) is 43.4 Å². The van der Waals surface area contributed by atoms with Crippen LogP contribution in [0.25, 0.3) is 0 Å². The van der Waals surface area contributed by atoms with Crippen molar-refractivity contribution in [2.45, 2.75) is 33.1 Å². The van der Waals surface area contributed by atoms with E-state index < -0.39 is 21.5 Å². The van der Waals surface area contributed by atoms with Gasteiger partial charge < -0.3 is 0 Å². The molecule has 0 rings (SSSR count). The zero-order chi connectivity index (χ0) is 8.69. The number of rotatable bonds is 5. The Morgan fingerprint density at radius 3 is 2.73 bits per heavy atom. The van der Waals surface area contributed by atoms with E-state index >= 15 is 0 Å². The SMILES string of the molecule is CCCCC(C)C(=O)[O][Sn]=[O]. The molecule has 1 atom stereocenters. The van der Waals surface area contributed by atoms with Crippen molar-refractivity contribution < 1.29 is 10.9 Å². The van der Waals surface area contributed by atoms with Gasteiger partial charge in [0.15, 0.2) is 0 Å². The fraction of sp³-hybridized carbons (Fsp3) is 0.857. The minimum absolute atomic E-state index is 0.0789. The molecule has 3 nitrogen and oxygen atoms in total. The van der Waals surface area contributed by atoms with Crippen LogP contribution >= 0.6 is 0 Å². The van der Waals surface area contributed by atoms with Gasteiger partial charge in [0.1, 0.15) is 0 Å². The van der Waals surface area contributed by atoms with Crippen molar-refractivity contribution in [3.05, 3.63) is 0 Å². The molecule has 0 aromatic rings. The zero-order valence-electron chi connectivity index (χ0n) is 6.92. The Balaban J connectivity index is 3.54. The van der Waals surface area contributed by atoms with Crippen molar-refractivity contribution in [2.75, 3.05) is 0 Å². The molecule has 0 N–H and O–H groups in total. The second-order valence-corrected chi connectivity index (χ2v) is 3.61. The van der Waals surface area contributed by atoms with E-state index in [9.17, 15) is 7.87 Å². The third-order valence-corrected chi connectivity index (χ3v) is 2.35. The average molecular weight is 264 g/mol. The van der Waals surface area contributed by atoms with Gasteiger partial charge >= 0.3 is 77.5 Å². The minimum atomic E-state index is -2.03. The first kappa shape index (κ1) is 11.1. The normalized spacial score (nSPS) is 12.2. The Kier molecular flexibility index (Phi) is 6.80. The molecule has 0 spiro atoms. The first-order valence-electron chi connectivity index (χ1n) is 3.80. The van der Waals surface area contributed by atoms with E-state index in [0.717, 1.165) is 19.3 Å². The van der Waals surface area contributed by atoms with E-state index in [1.165, 1.54) is 0 Å². The zero-order valence-corrected chi connectivity index (χ0v) is 9.78. The van der Waals surface area contributed by atoms with Crippen molar-refractivity contribution in [3.8, 4) is 0 Å². The second kappa shape index (κ2) is 6.76. The Morgan fingerprint density at radius 2 is 2.27 bits per heavy atom. The van der Waals surface area contributed by atoms with E-state index in [0.29, 0.717) is 0 Å². The van der Waals surface area contributed by atoms with E-state index in [1.54, 1.807) is 0 Å². The van der Waals surface area contributed by atoms with Crippen LogP contribution in [0.1, 0.15) is 33.1 Å². The van der Waals surface area contributed by atoms with E-state index in [4.69, 9.17) is 0 Å². The average Bonchev–Trinajstić information content (AvgIpc) is 2.00. The fourth-order valence-electron chi connectivity index (χ4n) is 0.770. The van der Waals surface area contributed by atoms with Gasteiger partial charge in [0.05, 0.1) is 0 Å². The summed E-state index contributed by atoms with van der Waals surface area (Å²) in [5.74, 6) is -0.371. The molecule has 0 heterocycles. The molecule has 0 aromatic carbocycles. The number of hydrogen-bond acceptors (Lipinski definition) is 3. The summed E-state index contributed by atoms with van der Waals surface area (Å²) in [6.07, 6.45) is 2.95. The second-order valence-electron chi connectivity index (χ2n) is 2.55. The monoisotopic (exact) mass is 265 g/mol. The van der Waals surface area contributed by atoms with Gasteiger partial charge in [0.2, 0.25) is 0 Å². The summed E-state index contributed by atoms with van der Waals surface area (Å²) in [7, 11) is 0. The number of unbranched alkanes of at least 4 members (excludes halogenated alkanes) is 1. The number of hydrogen-bond donors (Lipinski definition) is 0. The molecule has 11 heavy (non-hydrogen) atoms. The predicted octanol–water partition coefficient (Wildman–Crippen LogP) is 1.32. The van der Waals surface area contributed by atoms with Gasteiger partial charge in [-0.05, 0) is 0 Å². The summed E-state index contributed by atoms with van der Waals surface area (Å²) in [4.78, 5) is 10.9. The summed E-state index contributed by atoms with van der Waals surface area (Å²) in [6.45, 7) is 3.88. The predicted molar refractivity (Wildman–Crippen MR) is 41.2 cm³/mol. The number of carbonyl (C=O) groups excluding carboxylic acids is 1. The van der Waals surface area contributed by atoms with Gasteiger partial charge in [0, 0.05) is 0 Å². The van der Waals surface area contributed by atoms with Gasteiger partial charge in [-0.3, -0.25) is 0 Å². The molecule has 4 heteroatoms. The van der Waals surface area contributed by atoms with Crippen LogP contribution in [0.4, 0.5) is 0 Å². The van der Waals surface area contributed by atoms with Crippen molar-refractivity contribution in [1.29, 1.82) is 0 Å². The maximum absolute atomic E-state index is 10.9. The van der Waals surface area contributed by atoms with Crippen molar-refractivity contribution in [2.24, 2.45) is 5.92 Å². The molecule has 63 valence electrons. The Labute approximate surface area is 77.6 Å². The molecule has 0 amide bonds. The van der Waals surface area contributed by atoms with E-state index in [1.807, 2.05) is 6.92 Å². The van der Waals surface area contributed by atoms with E-state index in [2.05, 4.69) is 10.00 Å². The summed E-state index contributed by atoms with van der Waals surface area (Å²) < 4.78 is 14.5. The third kappa shape index (κ3) is 5.35. The van der Waals surface area contributed by atoms with Crippen molar-refractivity contribution >= 4 is 27.5 Å². The van der Waals surface area contributed by atoms with Crippen LogP contribution < -0.4 is 0 Å². The Bertz CT molecular complexity index is 136. The molecule has 0 saturated carbocycles. The van der Waals surface area contributed by atoms with Crippen LogP contribution in [0.3, 0.4) is 0 Å².